The van der Waals surface area contributed by atoms with Crippen molar-refractivity contribution in [2.45, 2.75) is 0 Å². The SMILES string of the molecule is [2H]c1c([2H])c([2H])c([Si](c2ccccc2)(c2cccc(-n3c4ccccc4c4cc(-n5c6ccccc6c6c([2H])c([2H])c([2H])c([2H])c65)ccc43)c2)c2c([2H])c([2H])c([2H])c([2H])c2[2H])c([2H])c1[2H]. The molecular weight excluding hydrogens is 633 g/mol. The van der Waals surface area contributed by atoms with Crippen molar-refractivity contribution in [2.24, 2.45) is 0 Å². The molecule has 0 fully saturated rings. The van der Waals surface area contributed by atoms with Crippen molar-refractivity contribution in [2.75, 3.05) is 0 Å². The zero-order valence-electron chi connectivity index (χ0n) is 40.9. The summed E-state index contributed by atoms with van der Waals surface area (Å²) in [5, 5.41) is 3.28. The van der Waals surface area contributed by atoms with E-state index in [1.165, 1.54) is 0 Å². The van der Waals surface area contributed by atoms with Gasteiger partial charge in [0.2, 0.25) is 0 Å². The van der Waals surface area contributed by atoms with Gasteiger partial charge in [0, 0.05) is 32.9 Å². The number of para-hydroxylation sites is 3. The molecule has 0 aliphatic carbocycles. The first-order valence-electron chi connectivity index (χ1n) is 23.5. The van der Waals surface area contributed by atoms with Crippen molar-refractivity contribution in [1.29, 1.82) is 0 Å². The fourth-order valence-electron chi connectivity index (χ4n) is 7.63. The topological polar surface area (TPSA) is 9.86 Å². The van der Waals surface area contributed by atoms with Crippen LogP contribution in [0.1, 0.15) is 19.2 Å². The predicted molar refractivity (Wildman–Crippen MR) is 219 cm³/mol. The molecule has 2 heterocycles. The van der Waals surface area contributed by atoms with Crippen LogP contribution < -0.4 is 20.7 Å². The molecule has 3 heteroatoms. The molecule has 0 bridgehead atoms. The maximum Gasteiger partial charge on any atom is 0.179 e. The highest BCUT2D eigenvalue weighted by atomic mass is 28.3. The molecule has 0 N–H and O–H groups in total. The first-order valence-corrected chi connectivity index (χ1v) is 18.5. The van der Waals surface area contributed by atoms with E-state index in [9.17, 15) is 5.48 Å². The van der Waals surface area contributed by atoms with E-state index in [2.05, 4.69) is 0 Å². The number of benzene rings is 8. The minimum atomic E-state index is -4.52. The molecule has 0 radical (unpaired) electrons. The van der Waals surface area contributed by atoms with E-state index in [-0.39, 0.29) is 34.5 Å². The summed E-state index contributed by atoms with van der Waals surface area (Å²) in [7, 11) is -4.52. The summed E-state index contributed by atoms with van der Waals surface area (Å²) in [4.78, 5) is 0. The number of rotatable bonds is 6. The van der Waals surface area contributed by atoms with Gasteiger partial charge in [0.05, 0.1) is 41.3 Å². The van der Waals surface area contributed by atoms with E-state index in [1.807, 2.05) is 88.0 Å². The van der Waals surface area contributed by atoms with Gasteiger partial charge < -0.3 is 9.13 Å². The van der Waals surface area contributed by atoms with Gasteiger partial charge in [-0.2, -0.15) is 0 Å². The highest BCUT2D eigenvalue weighted by Crippen LogP contribution is 2.36. The van der Waals surface area contributed by atoms with Crippen molar-refractivity contribution >= 4 is 72.4 Å². The van der Waals surface area contributed by atoms with E-state index in [0.29, 0.717) is 43.6 Å². The zero-order chi connectivity index (χ0) is 46.0. The Hall–Kier alpha value is -6.42. The number of hydrogen-bond acceptors (Lipinski definition) is 0. The van der Waals surface area contributed by atoms with E-state index in [4.69, 9.17) is 13.7 Å². The van der Waals surface area contributed by atoms with E-state index in [1.54, 1.807) is 42.5 Å². The molecule has 0 saturated carbocycles. The number of aromatic nitrogens is 2. The van der Waals surface area contributed by atoms with E-state index in [0.717, 1.165) is 21.8 Å². The van der Waals surface area contributed by atoms with Gasteiger partial charge in [0.15, 0.2) is 8.07 Å². The van der Waals surface area contributed by atoms with Crippen LogP contribution in [0.4, 0.5) is 0 Å². The molecule has 51 heavy (non-hydrogen) atoms. The summed E-state index contributed by atoms with van der Waals surface area (Å²) in [6.45, 7) is 0. The Morgan fingerprint density at radius 3 is 1.57 bits per heavy atom. The summed E-state index contributed by atoms with van der Waals surface area (Å²) in [6.07, 6.45) is 0. The second-order valence-electron chi connectivity index (χ2n) is 12.3. The smallest absolute Gasteiger partial charge is 0.179 e. The van der Waals surface area contributed by atoms with Crippen LogP contribution in [0, 0.1) is 0 Å². The molecule has 0 unspecified atom stereocenters. The minimum Gasteiger partial charge on any atom is -0.309 e. The molecule has 0 atom stereocenters. The third kappa shape index (κ3) is 4.49. The highest BCUT2D eigenvalue weighted by molar-refractivity contribution is 7.19. The van der Waals surface area contributed by atoms with Crippen molar-refractivity contribution in [3.8, 4) is 11.4 Å². The summed E-state index contributed by atoms with van der Waals surface area (Å²) >= 11 is 0. The molecular formula is C48H34N2Si. The second kappa shape index (κ2) is 11.9. The van der Waals surface area contributed by atoms with Crippen molar-refractivity contribution in [3.05, 3.63) is 206 Å². The zero-order valence-corrected chi connectivity index (χ0v) is 27.9. The normalized spacial score (nSPS) is 15.8. The summed E-state index contributed by atoms with van der Waals surface area (Å²) in [5.41, 5.74) is 3.80. The second-order valence-corrected chi connectivity index (χ2v) is 16.0. The van der Waals surface area contributed by atoms with Crippen LogP contribution in [0.2, 0.25) is 0 Å². The monoisotopic (exact) mass is 680 g/mol. The number of nitrogens with zero attached hydrogens (tertiary/aromatic N) is 2. The van der Waals surface area contributed by atoms with Gasteiger partial charge in [-0.15, -0.1) is 0 Å². The molecule has 0 saturated heterocycles. The lowest BCUT2D eigenvalue weighted by atomic mass is 10.1. The highest BCUT2D eigenvalue weighted by Gasteiger charge is 2.41. The lowest BCUT2D eigenvalue weighted by Gasteiger charge is -2.34. The quantitative estimate of drug-likeness (QED) is 0.122. The van der Waals surface area contributed by atoms with E-state index >= 15 is 0 Å². The lowest BCUT2D eigenvalue weighted by Crippen LogP contribution is -2.74. The molecule has 0 amide bonds. The fraction of sp³-hybridized carbons (Fsp3) is 0. The van der Waals surface area contributed by atoms with Crippen LogP contribution in [-0.4, -0.2) is 17.2 Å². The van der Waals surface area contributed by atoms with Gasteiger partial charge in [0.25, 0.3) is 0 Å². The molecule has 10 aromatic rings. The van der Waals surface area contributed by atoms with Crippen molar-refractivity contribution in [3.63, 3.8) is 0 Å². The fourth-order valence-corrected chi connectivity index (χ4v) is 11.8. The van der Waals surface area contributed by atoms with Gasteiger partial charge in [-0.05, 0) is 69.3 Å². The Morgan fingerprint density at radius 1 is 0.333 bits per heavy atom. The van der Waals surface area contributed by atoms with Crippen molar-refractivity contribution < 1.29 is 19.2 Å². The Labute approximate surface area is 317 Å². The summed E-state index contributed by atoms with van der Waals surface area (Å²) < 4.78 is 129. The average Bonchev–Trinajstić information content (AvgIpc) is 3.85. The van der Waals surface area contributed by atoms with E-state index < -0.39 is 68.5 Å². The van der Waals surface area contributed by atoms with Crippen LogP contribution in [0.25, 0.3) is 55.0 Å². The van der Waals surface area contributed by atoms with Gasteiger partial charge in [0.1, 0.15) is 0 Å². The first-order chi connectivity index (χ1) is 31.1. The Balaban J connectivity index is 1.31. The molecule has 10 rings (SSSR count). The minimum absolute atomic E-state index is 0.129. The largest absolute Gasteiger partial charge is 0.309 e. The molecule has 0 spiro atoms. The molecule has 2 nitrogen and oxygen atoms in total. The summed E-state index contributed by atoms with van der Waals surface area (Å²) in [6, 6.07) is 30.0. The number of fused-ring (bicyclic) bond motifs is 6. The molecule has 0 aliphatic heterocycles. The predicted octanol–water partition coefficient (Wildman–Crippen LogP) is 9.26. The van der Waals surface area contributed by atoms with Gasteiger partial charge >= 0.3 is 0 Å². The van der Waals surface area contributed by atoms with Crippen LogP contribution >= 0.6 is 0 Å². The Kier molecular flexibility index (Phi) is 4.31. The van der Waals surface area contributed by atoms with Gasteiger partial charge in [-0.3, -0.25) is 0 Å². The van der Waals surface area contributed by atoms with Crippen LogP contribution in [0.15, 0.2) is 206 Å². The third-order valence-corrected chi connectivity index (χ3v) is 14.1. The maximum absolute atomic E-state index is 9.43. The van der Waals surface area contributed by atoms with Crippen LogP contribution in [-0.2, 0) is 0 Å². The molecule has 240 valence electrons. The maximum atomic E-state index is 9.43. The van der Waals surface area contributed by atoms with Crippen LogP contribution in [0.5, 0.6) is 0 Å². The van der Waals surface area contributed by atoms with Crippen molar-refractivity contribution in [1.82, 2.24) is 9.13 Å². The average molecular weight is 681 g/mol. The molecule has 2 aromatic heterocycles. The van der Waals surface area contributed by atoms with Crippen LogP contribution in [0.3, 0.4) is 0 Å². The Bertz CT molecular complexity index is 3550. The first kappa shape index (κ1) is 18.5. The molecule has 8 aromatic carbocycles. The molecule has 0 aliphatic rings. The number of hydrogen-bond donors (Lipinski definition) is 0. The van der Waals surface area contributed by atoms with Gasteiger partial charge in [-0.25, -0.2) is 0 Å². The van der Waals surface area contributed by atoms with Gasteiger partial charge in [-0.1, -0.05) is 157 Å². The third-order valence-electron chi connectivity index (χ3n) is 9.71. The standard InChI is InChI=1S/C48H34N2Si/c1-4-18-37(19-5-1)51(38-20-6-2-7-21-38,39-22-8-3-9-23-39)40-24-16-17-35(33-40)49-47-30-15-12-27-43(47)44-34-36(31-32-48(44)49)50-45-28-13-10-25-41(45)42-26-11-14-29-46(42)50/h1-34H/i1D,2D,4D,5D,6D,7D,10D,13D,18D,19D,20D,21D,25D,28D. The lowest BCUT2D eigenvalue weighted by molar-refractivity contribution is 1.17. The Morgan fingerprint density at radius 2 is 0.863 bits per heavy atom. The summed E-state index contributed by atoms with van der Waals surface area (Å²) in [5.74, 6) is 0.